The second kappa shape index (κ2) is 10.1. The van der Waals surface area contributed by atoms with E-state index < -0.39 is 48.6 Å². The van der Waals surface area contributed by atoms with Crippen molar-refractivity contribution in [3.05, 3.63) is 108 Å². The molecule has 2 bridgehead atoms. The highest BCUT2D eigenvalue weighted by molar-refractivity contribution is 5.91. The maximum absolute atomic E-state index is 12.9. The van der Waals surface area contributed by atoms with Gasteiger partial charge in [0.2, 0.25) is 0 Å². The Morgan fingerprint density at radius 1 is 0.600 bits per heavy atom. The summed E-state index contributed by atoms with van der Waals surface area (Å²) in [5, 5.41) is 0. The van der Waals surface area contributed by atoms with Gasteiger partial charge in [0.1, 0.15) is 6.10 Å². The second-order valence-electron chi connectivity index (χ2n) is 8.08. The number of hydrogen-bond acceptors (Lipinski definition) is 8. The van der Waals surface area contributed by atoms with Gasteiger partial charge in [-0.25, -0.2) is 14.4 Å². The fraction of sp³-hybridized carbons (Fsp3) is 0.222. The van der Waals surface area contributed by atoms with Crippen LogP contribution in [0.2, 0.25) is 0 Å². The van der Waals surface area contributed by atoms with Gasteiger partial charge in [-0.2, -0.15) is 0 Å². The van der Waals surface area contributed by atoms with Crippen molar-refractivity contribution >= 4 is 17.9 Å². The molecule has 35 heavy (non-hydrogen) atoms. The van der Waals surface area contributed by atoms with Crippen molar-refractivity contribution in [1.82, 2.24) is 0 Å². The van der Waals surface area contributed by atoms with Gasteiger partial charge < -0.3 is 23.7 Å². The number of esters is 3. The number of carbonyl (C=O) groups excluding carboxylic acids is 3. The molecule has 3 aromatic carbocycles. The van der Waals surface area contributed by atoms with Crippen molar-refractivity contribution in [1.29, 1.82) is 0 Å². The Balaban J connectivity index is 1.38. The Labute approximate surface area is 201 Å². The summed E-state index contributed by atoms with van der Waals surface area (Å²) in [5.41, 5.74) is 1.01. The minimum Gasteiger partial charge on any atom is -0.453 e. The SMILES string of the molecule is O=C(OC1CO[C@@H]2O[C@@H]1[C@H](OC(=O)c1ccccc1)[C@H]2OC(=O)c1ccccc1)c1ccccc1. The first kappa shape index (κ1) is 22.8. The molecule has 5 rings (SSSR count). The fourth-order valence-electron chi connectivity index (χ4n) is 4.04. The van der Waals surface area contributed by atoms with Gasteiger partial charge in [0.25, 0.3) is 0 Å². The van der Waals surface area contributed by atoms with Crippen LogP contribution in [0.3, 0.4) is 0 Å². The molecular formula is C27H22O8. The molecule has 8 heteroatoms. The molecule has 3 aromatic rings. The number of benzene rings is 3. The standard InChI is InChI=1S/C27H22O8/c28-24(17-10-4-1-5-11-17)32-20-16-31-27-23(34-26(30)19-14-8-3-9-15-19)22(21(20)35-27)33-25(29)18-12-6-2-7-13-18/h1-15,20-23,27H,16H2/t20?,21-,22-,23+,27+/m0/s1. The summed E-state index contributed by atoms with van der Waals surface area (Å²) >= 11 is 0. The molecule has 0 aromatic heterocycles. The van der Waals surface area contributed by atoms with Crippen molar-refractivity contribution in [3.8, 4) is 0 Å². The van der Waals surface area contributed by atoms with Gasteiger partial charge in [-0.1, -0.05) is 54.6 Å². The van der Waals surface area contributed by atoms with Crippen LogP contribution in [-0.4, -0.2) is 55.2 Å². The van der Waals surface area contributed by atoms with Crippen molar-refractivity contribution in [2.75, 3.05) is 6.61 Å². The summed E-state index contributed by atoms with van der Waals surface area (Å²) in [6.45, 7) is -0.00726. The topological polar surface area (TPSA) is 97.4 Å². The van der Waals surface area contributed by atoms with E-state index in [0.717, 1.165) is 0 Å². The summed E-state index contributed by atoms with van der Waals surface area (Å²) < 4.78 is 28.7. The van der Waals surface area contributed by atoms with Crippen molar-refractivity contribution in [3.63, 3.8) is 0 Å². The molecule has 8 nitrogen and oxygen atoms in total. The fourth-order valence-corrected chi connectivity index (χ4v) is 4.04. The molecule has 0 radical (unpaired) electrons. The molecule has 178 valence electrons. The zero-order chi connectivity index (χ0) is 24.2. The lowest BCUT2D eigenvalue weighted by atomic mass is 10.1. The summed E-state index contributed by atoms with van der Waals surface area (Å²) in [6, 6.07) is 25.3. The Morgan fingerprint density at radius 3 is 1.51 bits per heavy atom. The second-order valence-corrected chi connectivity index (χ2v) is 8.08. The highest BCUT2D eigenvalue weighted by Crippen LogP contribution is 2.36. The quantitative estimate of drug-likeness (QED) is 0.396. The van der Waals surface area contributed by atoms with Gasteiger partial charge in [0.15, 0.2) is 24.6 Å². The van der Waals surface area contributed by atoms with Crippen LogP contribution >= 0.6 is 0 Å². The van der Waals surface area contributed by atoms with Crippen LogP contribution in [0.25, 0.3) is 0 Å². The number of fused-ring (bicyclic) bond motifs is 2. The molecule has 2 fully saturated rings. The predicted molar refractivity (Wildman–Crippen MR) is 122 cm³/mol. The van der Waals surface area contributed by atoms with Gasteiger partial charge >= 0.3 is 17.9 Å². The predicted octanol–water partition coefficient (Wildman–Crippen LogP) is 3.42. The zero-order valence-corrected chi connectivity index (χ0v) is 18.5. The van der Waals surface area contributed by atoms with Crippen LogP contribution in [0.4, 0.5) is 0 Å². The van der Waals surface area contributed by atoms with Crippen LogP contribution in [-0.2, 0) is 23.7 Å². The zero-order valence-electron chi connectivity index (χ0n) is 18.5. The maximum Gasteiger partial charge on any atom is 0.338 e. The van der Waals surface area contributed by atoms with Gasteiger partial charge in [-0.3, -0.25) is 0 Å². The smallest absolute Gasteiger partial charge is 0.338 e. The van der Waals surface area contributed by atoms with E-state index in [-0.39, 0.29) is 6.61 Å². The summed E-state index contributed by atoms with van der Waals surface area (Å²) in [4.78, 5) is 38.3. The van der Waals surface area contributed by atoms with E-state index in [1.165, 1.54) is 0 Å². The van der Waals surface area contributed by atoms with Gasteiger partial charge in [0.05, 0.1) is 23.3 Å². The van der Waals surface area contributed by atoms with Crippen LogP contribution in [0.15, 0.2) is 91.0 Å². The van der Waals surface area contributed by atoms with E-state index in [0.29, 0.717) is 16.7 Å². The Morgan fingerprint density at radius 2 is 1.03 bits per heavy atom. The molecule has 0 spiro atoms. The third kappa shape index (κ3) is 4.94. The molecule has 0 N–H and O–H groups in total. The summed E-state index contributed by atoms with van der Waals surface area (Å²) in [6.07, 6.45) is -4.86. The van der Waals surface area contributed by atoms with Gasteiger partial charge in [-0.05, 0) is 36.4 Å². The lowest BCUT2D eigenvalue weighted by Crippen LogP contribution is -2.46. The number of hydrogen-bond donors (Lipinski definition) is 0. The van der Waals surface area contributed by atoms with E-state index in [4.69, 9.17) is 23.7 Å². The lowest BCUT2D eigenvalue weighted by Gasteiger charge is -2.29. The minimum absolute atomic E-state index is 0.00726. The largest absolute Gasteiger partial charge is 0.453 e. The third-order valence-electron chi connectivity index (χ3n) is 5.77. The lowest BCUT2D eigenvalue weighted by molar-refractivity contribution is -0.233. The highest BCUT2D eigenvalue weighted by atomic mass is 16.8. The van der Waals surface area contributed by atoms with Crippen LogP contribution in [0.1, 0.15) is 31.1 Å². The highest BCUT2D eigenvalue weighted by Gasteiger charge is 2.57. The molecule has 0 amide bonds. The first-order chi connectivity index (χ1) is 17.1. The molecule has 0 saturated carbocycles. The number of carbonyl (C=O) groups is 3. The Bertz CT molecular complexity index is 1180. The molecule has 5 atom stereocenters. The van der Waals surface area contributed by atoms with Crippen molar-refractivity contribution in [2.45, 2.75) is 30.7 Å². The monoisotopic (exact) mass is 474 g/mol. The molecular weight excluding hydrogens is 452 g/mol. The van der Waals surface area contributed by atoms with E-state index in [1.54, 1.807) is 91.0 Å². The molecule has 2 aliphatic heterocycles. The van der Waals surface area contributed by atoms with Crippen molar-refractivity contribution < 1.29 is 38.1 Å². The van der Waals surface area contributed by atoms with E-state index in [9.17, 15) is 14.4 Å². The molecule has 2 aliphatic rings. The average Bonchev–Trinajstić information content (AvgIpc) is 3.18. The number of rotatable bonds is 6. The first-order valence-electron chi connectivity index (χ1n) is 11.2. The van der Waals surface area contributed by atoms with Crippen LogP contribution in [0.5, 0.6) is 0 Å². The van der Waals surface area contributed by atoms with Gasteiger partial charge in [-0.15, -0.1) is 0 Å². The van der Waals surface area contributed by atoms with Gasteiger partial charge in [0, 0.05) is 0 Å². The minimum atomic E-state index is -1.06. The summed E-state index contributed by atoms with van der Waals surface area (Å²) in [5.74, 6) is -1.81. The summed E-state index contributed by atoms with van der Waals surface area (Å²) in [7, 11) is 0. The van der Waals surface area contributed by atoms with Crippen LogP contribution < -0.4 is 0 Å². The molecule has 1 unspecified atom stereocenters. The first-order valence-corrected chi connectivity index (χ1v) is 11.2. The average molecular weight is 474 g/mol. The Kier molecular flexibility index (Phi) is 6.56. The Hall–Kier alpha value is -4.01. The van der Waals surface area contributed by atoms with E-state index >= 15 is 0 Å². The third-order valence-corrected chi connectivity index (χ3v) is 5.77. The van der Waals surface area contributed by atoms with E-state index in [1.807, 2.05) is 0 Å². The molecule has 0 aliphatic carbocycles. The van der Waals surface area contributed by atoms with Crippen LogP contribution in [0, 0.1) is 0 Å². The number of ether oxygens (including phenoxy) is 5. The molecule has 2 heterocycles. The molecule has 2 saturated heterocycles. The van der Waals surface area contributed by atoms with Crippen molar-refractivity contribution in [2.24, 2.45) is 0 Å². The maximum atomic E-state index is 12.9. The van der Waals surface area contributed by atoms with E-state index in [2.05, 4.69) is 0 Å². The normalized spacial score (nSPS) is 24.9.